The zero-order chi connectivity index (χ0) is 14.2. The van der Waals surface area contributed by atoms with Gasteiger partial charge in [0.05, 0.1) is 12.5 Å². The van der Waals surface area contributed by atoms with Crippen LogP contribution in [-0.2, 0) is 4.74 Å². The van der Waals surface area contributed by atoms with Crippen molar-refractivity contribution in [2.75, 3.05) is 26.3 Å². The molecule has 0 spiro atoms. The molecule has 1 saturated carbocycles. The normalized spacial score (nSPS) is 17.1. The van der Waals surface area contributed by atoms with Gasteiger partial charge in [0.25, 0.3) is 0 Å². The van der Waals surface area contributed by atoms with Crippen LogP contribution < -0.4 is 11.1 Å². The quantitative estimate of drug-likeness (QED) is 0.210. The maximum Gasteiger partial charge on any atom is 0.147 e. The first-order valence-electron chi connectivity index (χ1n) is 7.12. The van der Waals surface area contributed by atoms with Gasteiger partial charge >= 0.3 is 0 Å². The van der Waals surface area contributed by atoms with Crippen molar-refractivity contribution in [3.8, 4) is 0 Å². The lowest BCUT2D eigenvalue weighted by atomic mass is 9.98. The van der Waals surface area contributed by atoms with Gasteiger partial charge in [-0.2, -0.15) is 0 Å². The number of amidine groups is 1. The molecule has 0 aliphatic heterocycles. The molecule has 1 unspecified atom stereocenters. The number of hydrogen-bond acceptors (Lipinski definition) is 4. The van der Waals surface area contributed by atoms with Crippen LogP contribution in [0.5, 0.6) is 0 Å². The van der Waals surface area contributed by atoms with Crippen LogP contribution in [0.1, 0.15) is 24.3 Å². The molecule has 0 saturated heterocycles. The fraction of sp³-hybridized carbons (Fsp3) is 0.533. The number of nitrogens with two attached hydrogens (primary N) is 1. The Morgan fingerprint density at radius 1 is 1.40 bits per heavy atom. The summed E-state index contributed by atoms with van der Waals surface area (Å²) in [5.74, 6) is 0.900. The minimum absolute atomic E-state index is 0.121. The van der Waals surface area contributed by atoms with Crippen molar-refractivity contribution < 1.29 is 9.94 Å². The van der Waals surface area contributed by atoms with Crippen molar-refractivity contribution >= 4 is 5.84 Å². The zero-order valence-corrected chi connectivity index (χ0v) is 11.7. The number of nitrogens with one attached hydrogen (secondary N) is 1. The lowest BCUT2D eigenvalue weighted by Gasteiger charge is -2.16. The lowest BCUT2D eigenvalue weighted by Crippen LogP contribution is -2.33. The number of oxime groups is 1. The van der Waals surface area contributed by atoms with Gasteiger partial charge in [0, 0.05) is 19.7 Å². The summed E-state index contributed by atoms with van der Waals surface area (Å²) in [4.78, 5) is 0. The van der Waals surface area contributed by atoms with E-state index >= 15 is 0 Å². The summed E-state index contributed by atoms with van der Waals surface area (Å²) in [6.07, 6.45) is 2.63. The Morgan fingerprint density at radius 2 is 2.15 bits per heavy atom. The topological polar surface area (TPSA) is 79.9 Å². The number of hydrogen-bond donors (Lipinski definition) is 3. The summed E-state index contributed by atoms with van der Waals surface area (Å²) in [6, 6.07) is 9.81. The predicted octanol–water partition coefficient (Wildman–Crippen LogP) is 1.53. The van der Waals surface area contributed by atoms with E-state index in [9.17, 15) is 0 Å². The highest BCUT2D eigenvalue weighted by atomic mass is 16.5. The van der Waals surface area contributed by atoms with E-state index in [1.807, 2.05) is 30.3 Å². The predicted molar refractivity (Wildman–Crippen MR) is 79.0 cm³/mol. The van der Waals surface area contributed by atoms with E-state index in [1.54, 1.807) is 0 Å². The molecule has 110 valence electrons. The molecule has 5 heteroatoms. The highest BCUT2D eigenvalue weighted by Gasteiger charge is 2.21. The molecule has 0 amide bonds. The van der Waals surface area contributed by atoms with Gasteiger partial charge in [0.2, 0.25) is 0 Å². The summed E-state index contributed by atoms with van der Waals surface area (Å²) in [6.45, 7) is 2.99. The van der Waals surface area contributed by atoms with E-state index < -0.39 is 0 Å². The Morgan fingerprint density at radius 3 is 2.80 bits per heavy atom. The van der Waals surface area contributed by atoms with Gasteiger partial charge in [-0.3, -0.25) is 0 Å². The average molecular weight is 277 g/mol. The average Bonchev–Trinajstić information content (AvgIpc) is 3.31. The maximum atomic E-state index is 8.89. The van der Waals surface area contributed by atoms with Crippen LogP contribution >= 0.6 is 0 Å². The second kappa shape index (κ2) is 7.87. The van der Waals surface area contributed by atoms with E-state index in [0.717, 1.165) is 24.6 Å². The van der Waals surface area contributed by atoms with Gasteiger partial charge in [-0.25, -0.2) is 0 Å². The second-order valence-corrected chi connectivity index (χ2v) is 5.21. The molecule has 5 nitrogen and oxygen atoms in total. The number of nitrogens with zero attached hydrogens (tertiary/aromatic N) is 1. The first-order valence-corrected chi connectivity index (χ1v) is 7.12. The van der Waals surface area contributed by atoms with Crippen molar-refractivity contribution in [2.45, 2.75) is 18.8 Å². The molecular formula is C15H23N3O2. The molecule has 1 aromatic rings. The number of benzene rings is 1. The molecule has 1 aliphatic carbocycles. The summed E-state index contributed by atoms with van der Waals surface area (Å²) < 4.78 is 5.56. The first-order chi connectivity index (χ1) is 9.81. The van der Waals surface area contributed by atoms with Crippen LogP contribution in [0, 0.1) is 5.92 Å². The first kappa shape index (κ1) is 14.8. The third-order valence-electron chi connectivity index (χ3n) is 3.50. The molecule has 2 rings (SSSR count). The minimum Gasteiger partial charge on any atom is -0.409 e. The number of rotatable bonds is 9. The maximum absolute atomic E-state index is 8.89. The second-order valence-electron chi connectivity index (χ2n) is 5.21. The smallest absolute Gasteiger partial charge is 0.147 e. The van der Waals surface area contributed by atoms with Crippen LogP contribution in [0.15, 0.2) is 35.5 Å². The van der Waals surface area contributed by atoms with Crippen molar-refractivity contribution in [3.05, 3.63) is 35.9 Å². The third kappa shape index (κ3) is 4.83. The van der Waals surface area contributed by atoms with Gasteiger partial charge in [0.15, 0.2) is 0 Å². The van der Waals surface area contributed by atoms with Crippen molar-refractivity contribution in [1.29, 1.82) is 0 Å². The van der Waals surface area contributed by atoms with E-state index in [0.29, 0.717) is 13.2 Å². The van der Waals surface area contributed by atoms with Crippen molar-refractivity contribution in [2.24, 2.45) is 16.8 Å². The van der Waals surface area contributed by atoms with Crippen molar-refractivity contribution in [1.82, 2.24) is 5.32 Å². The van der Waals surface area contributed by atoms with Gasteiger partial charge in [-0.1, -0.05) is 35.5 Å². The molecule has 0 aromatic heterocycles. The van der Waals surface area contributed by atoms with E-state index in [2.05, 4.69) is 10.5 Å². The molecule has 1 fully saturated rings. The van der Waals surface area contributed by atoms with Gasteiger partial charge in [-0.15, -0.1) is 0 Å². The van der Waals surface area contributed by atoms with E-state index in [1.165, 1.54) is 12.8 Å². The summed E-state index contributed by atoms with van der Waals surface area (Å²) >= 11 is 0. The lowest BCUT2D eigenvalue weighted by molar-refractivity contribution is 0.126. The minimum atomic E-state index is -0.121. The monoisotopic (exact) mass is 277 g/mol. The van der Waals surface area contributed by atoms with Crippen LogP contribution in [0.25, 0.3) is 0 Å². The highest BCUT2D eigenvalue weighted by Crippen LogP contribution is 2.28. The molecule has 0 radical (unpaired) electrons. The largest absolute Gasteiger partial charge is 0.409 e. The zero-order valence-electron chi connectivity index (χ0n) is 11.7. The SMILES string of the molecule is N/C(=N/O)C(CNCCOCC1CC1)c1ccccc1. The van der Waals surface area contributed by atoms with Gasteiger partial charge in [0.1, 0.15) is 5.84 Å². The van der Waals surface area contributed by atoms with Crippen LogP contribution in [0.3, 0.4) is 0 Å². The summed E-state index contributed by atoms with van der Waals surface area (Å²) in [5, 5.41) is 15.3. The Hall–Kier alpha value is -1.59. The standard InChI is InChI=1S/C15H23N3O2/c16-15(18-19)14(13-4-2-1-3-5-13)10-17-8-9-20-11-12-6-7-12/h1-5,12,14,17,19H,6-11H2,(H2,16,18). The van der Waals surface area contributed by atoms with Crippen LogP contribution in [-0.4, -0.2) is 37.3 Å². The van der Waals surface area contributed by atoms with Crippen molar-refractivity contribution in [3.63, 3.8) is 0 Å². The van der Waals surface area contributed by atoms with E-state index in [-0.39, 0.29) is 11.8 Å². The molecule has 1 aliphatic rings. The molecule has 1 atom stereocenters. The third-order valence-corrected chi connectivity index (χ3v) is 3.50. The summed E-state index contributed by atoms with van der Waals surface area (Å²) in [5.41, 5.74) is 6.80. The summed E-state index contributed by atoms with van der Waals surface area (Å²) in [7, 11) is 0. The van der Waals surface area contributed by atoms with Crippen LogP contribution in [0.2, 0.25) is 0 Å². The fourth-order valence-corrected chi connectivity index (χ4v) is 2.07. The van der Waals surface area contributed by atoms with Gasteiger partial charge in [-0.05, 0) is 24.3 Å². The fourth-order valence-electron chi connectivity index (χ4n) is 2.07. The molecule has 1 aromatic carbocycles. The highest BCUT2D eigenvalue weighted by molar-refractivity contribution is 5.87. The molecule has 20 heavy (non-hydrogen) atoms. The molecule has 4 N–H and O–H groups in total. The Bertz CT molecular complexity index is 418. The van der Waals surface area contributed by atoms with E-state index in [4.69, 9.17) is 15.7 Å². The van der Waals surface area contributed by atoms with Crippen LogP contribution in [0.4, 0.5) is 0 Å². The van der Waals surface area contributed by atoms with Gasteiger partial charge < -0.3 is 21.0 Å². The number of ether oxygens (including phenoxy) is 1. The Kier molecular flexibility index (Phi) is 5.83. The Labute approximate surface area is 119 Å². The molecule has 0 bridgehead atoms. The Balaban J connectivity index is 1.73. The molecule has 0 heterocycles. The molecular weight excluding hydrogens is 254 g/mol.